The molecule has 29 heavy (non-hydrogen) atoms. The first-order chi connectivity index (χ1) is 14.3. The minimum Gasteiger partial charge on any atom is -0.337 e. The average Bonchev–Trinajstić information content (AvgIpc) is 3.30. The van der Waals surface area contributed by atoms with E-state index in [0.717, 1.165) is 49.2 Å². The second kappa shape index (κ2) is 7.82. The molecule has 1 saturated heterocycles. The van der Waals surface area contributed by atoms with Crippen LogP contribution in [0.3, 0.4) is 0 Å². The Bertz CT molecular complexity index is 927. The molecule has 0 bridgehead atoms. The number of rotatable bonds is 6. The van der Waals surface area contributed by atoms with Gasteiger partial charge in [0.05, 0.1) is 0 Å². The van der Waals surface area contributed by atoms with Gasteiger partial charge in [0.1, 0.15) is 6.04 Å². The number of carbonyl (C=O) groups is 1. The third kappa shape index (κ3) is 3.82. The first-order valence-corrected chi connectivity index (χ1v) is 10.5. The molecule has 1 saturated carbocycles. The van der Waals surface area contributed by atoms with E-state index in [4.69, 9.17) is 4.52 Å². The summed E-state index contributed by atoms with van der Waals surface area (Å²) in [6, 6.07) is 20.5. The highest BCUT2D eigenvalue weighted by Crippen LogP contribution is 2.40. The smallest absolute Gasteiger partial charge is 0.249 e. The predicted octanol–water partition coefficient (Wildman–Crippen LogP) is 4.83. The van der Waals surface area contributed by atoms with Gasteiger partial charge in [0, 0.05) is 24.8 Å². The van der Waals surface area contributed by atoms with Gasteiger partial charge in [0.15, 0.2) is 5.82 Å². The van der Waals surface area contributed by atoms with Crippen molar-refractivity contribution in [2.24, 2.45) is 0 Å². The van der Waals surface area contributed by atoms with E-state index in [1.807, 2.05) is 41.3 Å². The summed E-state index contributed by atoms with van der Waals surface area (Å²) < 4.78 is 5.55. The maximum atomic E-state index is 13.4. The largest absolute Gasteiger partial charge is 0.337 e. The monoisotopic (exact) mass is 387 g/mol. The van der Waals surface area contributed by atoms with Gasteiger partial charge in [-0.15, -0.1) is 0 Å². The molecule has 1 atom stereocenters. The predicted molar refractivity (Wildman–Crippen MR) is 109 cm³/mol. The van der Waals surface area contributed by atoms with Crippen molar-refractivity contribution in [3.8, 4) is 0 Å². The Morgan fingerprint density at radius 1 is 1.00 bits per heavy atom. The normalized spacial score (nSPS) is 19.1. The van der Waals surface area contributed by atoms with Crippen molar-refractivity contribution < 1.29 is 9.32 Å². The van der Waals surface area contributed by atoms with Crippen molar-refractivity contribution in [1.29, 1.82) is 0 Å². The molecule has 1 unspecified atom stereocenters. The molecule has 148 valence electrons. The van der Waals surface area contributed by atoms with E-state index >= 15 is 0 Å². The van der Waals surface area contributed by atoms with Crippen molar-refractivity contribution in [3.63, 3.8) is 0 Å². The third-order valence-corrected chi connectivity index (χ3v) is 6.04. The molecule has 0 N–H and O–H groups in total. The lowest BCUT2D eigenvalue weighted by Gasteiger charge is -2.25. The van der Waals surface area contributed by atoms with Crippen LogP contribution in [0.1, 0.15) is 72.8 Å². The van der Waals surface area contributed by atoms with E-state index in [1.165, 1.54) is 0 Å². The Morgan fingerprint density at radius 3 is 2.28 bits per heavy atom. The minimum absolute atomic E-state index is 0.0378. The Labute approximate surface area is 170 Å². The van der Waals surface area contributed by atoms with Crippen molar-refractivity contribution in [3.05, 3.63) is 83.5 Å². The SMILES string of the molecule is O=C(CC(c1ccccc1)c1ccccc1)N1CCCC1c1nc(C2CC2)no1. The van der Waals surface area contributed by atoms with Crippen LogP contribution in [-0.4, -0.2) is 27.5 Å². The van der Waals surface area contributed by atoms with Crippen LogP contribution in [0.5, 0.6) is 0 Å². The molecule has 2 aliphatic rings. The van der Waals surface area contributed by atoms with Crippen LogP contribution >= 0.6 is 0 Å². The molecule has 0 radical (unpaired) electrons. The molecule has 2 heterocycles. The zero-order chi connectivity index (χ0) is 19.6. The summed E-state index contributed by atoms with van der Waals surface area (Å²) in [5.41, 5.74) is 2.33. The molecule has 1 aromatic heterocycles. The first kappa shape index (κ1) is 18.1. The second-order valence-corrected chi connectivity index (χ2v) is 8.09. The van der Waals surface area contributed by atoms with E-state index in [1.54, 1.807) is 0 Å². The number of amides is 1. The summed E-state index contributed by atoms with van der Waals surface area (Å²) in [4.78, 5) is 19.9. The molecular weight excluding hydrogens is 362 g/mol. The van der Waals surface area contributed by atoms with Crippen molar-refractivity contribution in [2.45, 2.75) is 50.0 Å². The molecule has 1 aliphatic heterocycles. The number of carbonyl (C=O) groups excluding carboxylic acids is 1. The lowest BCUT2D eigenvalue weighted by molar-refractivity contribution is -0.132. The number of nitrogens with zero attached hydrogens (tertiary/aromatic N) is 3. The number of hydrogen-bond donors (Lipinski definition) is 0. The zero-order valence-corrected chi connectivity index (χ0v) is 16.4. The van der Waals surface area contributed by atoms with Crippen LogP contribution in [0.25, 0.3) is 0 Å². The number of likely N-dealkylation sites (tertiary alicyclic amines) is 1. The quantitative estimate of drug-likeness (QED) is 0.608. The van der Waals surface area contributed by atoms with Gasteiger partial charge in [0.2, 0.25) is 11.8 Å². The van der Waals surface area contributed by atoms with Crippen molar-refractivity contribution in [2.75, 3.05) is 6.54 Å². The molecule has 3 aromatic rings. The van der Waals surface area contributed by atoms with Crippen LogP contribution in [0.15, 0.2) is 65.2 Å². The van der Waals surface area contributed by atoms with Gasteiger partial charge in [-0.2, -0.15) is 4.98 Å². The molecule has 5 rings (SSSR count). The summed E-state index contributed by atoms with van der Waals surface area (Å²) in [5, 5.41) is 4.15. The van der Waals surface area contributed by atoms with Gasteiger partial charge >= 0.3 is 0 Å². The highest BCUT2D eigenvalue weighted by molar-refractivity contribution is 5.78. The van der Waals surface area contributed by atoms with E-state index in [-0.39, 0.29) is 17.9 Å². The first-order valence-electron chi connectivity index (χ1n) is 10.5. The fourth-order valence-electron chi connectivity index (χ4n) is 4.30. The maximum Gasteiger partial charge on any atom is 0.249 e. The molecule has 5 heteroatoms. The number of benzene rings is 2. The van der Waals surface area contributed by atoms with Crippen LogP contribution < -0.4 is 0 Å². The Kier molecular flexibility index (Phi) is 4.88. The Morgan fingerprint density at radius 2 is 1.66 bits per heavy atom. The van der Waals surface area contributed by atoms with Crippen molar-refractivity contribution in [1.82, 2.24) is 15.0 Å². The summed E-state index contributed by atoms with van der Waals surface area (Å²) in [5.74, 6) is 2.06. The Hall–Kier alpha value is -2.95. The maximum absolute atomic E-state index is 13.4. The van der Waals surface area contributed by atoms with Gasteiger partial charge < -0.3 is 9.42 Å². The fourth-order valence-corrected chi connectivity index (χ4v) is 4.30. The van der Waals surface area contributed by atoms with Gasteiger partial charge in [0.25, 0.3) is 0 Å². The molecule has 0 spiro atoms. The van der Waals surface area contributed by atoms with Crippen LogP contribution in [0, 0.1) is 0 Å². The fraction of sp³-hybridized carbons (Fsp3) is 0.375. The topological polar surface area (TPSA) is 59.2 Å². The molecule has 1 amide bonds. The van der Waals surface area contributed by atoms with Gasteiger partial charge in [-0.3, -0.25) is 4.79 Å². The van der Waals surface area contributed by atoms with E-state index in [2.05, 4.69) is 34.4 Å². The molecule has 5 nitrogen and oxygen atoms in total. The highest BCUT2D eigenvalue weighted by Gasteiger charge is 2.37. The van der Waals surface area contributed by atoms with E-state index in [9.17, 15) is 4.79 Å². The van der Waals surface area contributed by atoms with Crippen LogP contribution in [-0.2, 0) is 4.79 Å². The summed E-state index contributed by atoms with van der Waals surface area (Å²) >= 11 is 0. The second-order valence-electron chi connectivity index (χ2n) is 8.09. The molecule has 2 aromatic carbocycles. The van der Waals surface area contributed by atoms with E-state index < -0.39 is 0 Å². The third-order valence-electron chi connectivity index (χ3n) is 6.04. The highest BCUT2D eigenvalue weighted by atomic mass is 16.5. The van der Waals surface area contributed by atoms with Crippen LogP contribution in [0.4, 0.5) is 0 Å². The number of hydrogen-bond acceptors (Lipinski definition) is 4. The standard InChI is InChI=1S/C24H25N3O2/c28-22(16-20(17-8-3-1-4-9-17)18-10-5-2-6-11-18)27-15-7-12-21(27)24-25-23(26-29-24)19-13-14-19/h1-6,8-11,19-21H,7,12-16H2. The average molecular weight is 387 g/mol. The Balaban J connectivity index is 1.37. The lowest BCUT2D eigenvalue weighted by Crippen LogP contribution is -2.32. The summed E-state index contributed by atoms with van der Waals surface area (Å²) in [6.45, 7) is 0.751. The summed E-state index contributed by atoms with van der Waals surface area (Å²) in [6.07, 6.45) is 4.58. The molecule has 2 fully saturated rings. The molecular formula is C24H25N3O2. The van der Waals surface area contributed by atoms with Crippen LogP contribution in [0.2, 0.25) is 0 Å². The van der Waals surface area contributed by atoms with Gasteiger partial charge in [-0.05, 0) is 36.8 Å². The number of aromatic nitrogens is 2. The van der Waals surface area contributed by atoms with E-state index in [0.29, 0.717) is 18.2 Å². The van der Waals surface area contributed by atoms with Gasteiger partial charge in [-0.25, -0.2) is 0 Å². The van der Waals surface area contributed by atoms with Gasteiger partial charge in [-0.1, -0.05) is 65.8 Å². The summed E-state index contributed by atoms with van der Waals surface area (Å²) in [7, 11) is 0. The molecule has 1 aliphatic carbocycles. The minimum atomic E-state index is -0.0882. The van der Waals surface area contributed by atoms with Crippen molar-refractivity contribution >= 4 is 5.91 Å². The lowest BCUT2D eigenvalue weighted by atomic mass is 9.88. The zero-order valence-electron chi connectivity index (χ0n) is 16.4.